The summed E-state index contributed by atoms with van der Waals surface area (Å²) < 4.78 is 24.3. The van der Waals surface area contributed by atoms with Gasteiger partial charge in [0, 0.05) is 16.8 Å². The molecule has 128 valence electrons. The first kappa shape index (κ1) is 16.9. The van der Waals surface area contributed by atoms with Gasteiger partial charge in [-0.15, -0.1) is 0 Å². The average molecular weight is 338 g/mol. The molecule has 0 aliphatic heterocycles. The minimum Gasteiger partial charge on any atom is -0.497 e. The van der Waals surface area contributed by atoms with Crippen molar-refractivity contribution in [2.24, 2.45) is 0 Å². The summed E-state index contributed by atoms with van der Waals surface area (Å²) >= 11 is 0. The lowest BCUT2D eigenvalue weighted by Gasteiger charge is -2.12. The van der Waals surface area contributed by atoms with Crippen molar-refractivity contribution in [1.29, 1.82) is 0 Å². The summed E-state index contributed by atoms with van der Waals surface area (Å²) in [5, 5.41) is 0. The van der Waals surface area contributed by atoms with Gasteiger partial charge in [0.1, 0.15) is 18.2 Å². The number of hydrogen-bond acceptors (Lipinski definition) is 4. The second-order valence-corrected chi connectivity index (χ2v) is 5.71. The van der Waals surface area contributed by atoms with Crippen molar-refractivity contribution in [2.75, 3.05) is 7.11 Å². The van der Waals surface area contributed by atoms with Crippen LogP contribution in [0.4, 0.5) is 4.39 Å². The van der Waals surface area contributed by atoms with Gasteiger partial charge in [0.15, 0.2) is 5.82 Å². The normalized spacial score (nSPS) is 10.6. The molecule has 0 spiro atoms. The summed E-state index contributed by atoms with van der Waals surface area (Å²) in [5.74, 6) is 1.53. The summed E-state index contributed by atoms with van der Waals surface area (Å²) in [4.78, 5) is 8.99. The van der Waals surface area contributed by atoms with E-state index in [1.54, 1.807) is 19.2 Å². The van der Waals surface area contributed by atoms with Gasteiger partial charge in [-0.2, -0.15) is 4.98 Å². The number of rotatable bonds is 5. The third kappa shape index (κ3) is 3.94. The molecule has 25 heavy (non-hydrogen) atoms. The second-order valence-electron chi connectivity index (χ2n) is 5.71. The second kappa shape index (κ2) is 7.30. The fourth-order valence-electron chi connectivity index (χ4n) is 2.39. The summed E-state index contributed by atoms with van der Waals surface area (Å²) in [7, 11) is 1.63. The number of aromatic nitrogens is 2. The van der Waals surface area contributed by atoms with Crippen LogP contribution in [0.1, 0.15) is 16.8 Å². The third-order valence-corrected chi connectivity index (χ3v) is 3.96. The maximum Gasteiger partial charge on any atom is 0.220 e. The Balaban J connectivity index is 1.86. The molecular formula is C20H19FN2O2. The van der Waals surface area contributed by atoms with Crippen LogP contribution in [0.25, 0.3) is 11.4 Å². The number of nitrogens with zero attached hydrogens (tertiary/aromatic N) is 2. The van der Waals surface area contributed by atoms with Gasteiger partial charge in [-0.3, -0.25) is 0 Å². The molecule has 0 radical (unpaired) electrons. The molecule has 5 heteroatoms. The van der Waals surface area contributed by atoms with Gasteiger partial charge in [-0.05, 0) is 55.8 Å². The zero-order valence-corrected chi connectivity index (χ0v) is 14.4. The van der Waals surface area contributed by atoms with Crippen LogP contribution < -0.4 is 9.47 Å². The van der Waals surface area contributed by atoms with Crippen molar-refractivity contribution in [3.63, 3.8) is 0 Å². The van der Waals surface area contributed by atoms with E-state index in [1.807, 2.05) is 38.1 Å². The first-order valence-electron chi connectivity index (χ1n) is 7.93. The topological polar surface area (TPSA) is 44.2 Å². The molecule has 0 unspecified atom stereocenters. The molecule has 0 aliphatic rings. The van der Waals surface area contributed by atoms with Crippen molar-refractivity contribution in [2.45, 2.75) is 20.5 Å². The highest BCUT2D eigenvalue weighted by Gasteiger charge is 2.11. The standard InChI is InChI=1S/C20H19FN2O2/c1-13-14(2)22-19(16-7-9-17(21)10-8-16)23-20(13)25-12-15-5-4-6-18(11-15)24-3/h4-11H,12H2,1-3H3. The van der Waals surface area contributed by atoms with Crippen LogP contribution >= 0.6 is 0 Å². The predicted octanol–water partition coefficient (Wildman–Crippen LogP) is 4.49. The van der Waals surface area contributed by atoms with E-state index in [0.29, 0.717) is 18.3 Å². The van der Waals surface area contributed by atoms with E-state index < -0.39 is 0 Å². The Morgan fingerprint density at radius 2 is 1.76 bits per heavy atom. The first-order chi connectivity index (χ1) is 12.1. The molecule has 0 atom stereocenters. The van der Waals surface area contributed by atoms with Crippen molar-refractivity contribution in [3.8, 4) is 23.0 Å². The molecule has 0 aliphatic carbocycles. The molecule has 0 amide bonds. The number of benzene rings is 2. The first-order valence-corrected chi connectivity index (χ1v) is 7.93. The van der Waals surface area contributed by atoms with E-state index in [1.165, 1.54) is 12.1 Å². The highest BCUT2D eigenvalue weighted by molar-refractivity contribution is 5.56. The highest BCUT2D eigenvalue weighted by Crippen LogP contribution is 2.24. The van der Waals surface area contributed by atoms with Crippen molar-refractivity contribution >= 4 is 0 Å². The number of halogens is 1. The van der Waals surface area contributed by atoms with Crippen LogP contribution in [0.15, 0.2) is 48.5 Å². The van der Waals surface area contributed by atoms with Gasteiger partial charge >= 0.3 is 0 Å². The molecule has 0 bridgehead atoms. The van der Waals surface area contributed by atoms with Crippen molar-refractivity contribution in [3.05, 3.63) is 71.2 Å². The molecule has 2 aromatic carbocycles. The SMILES string of the molecule is COc1cccc(COc2nc(-c3ccc(F)cc3)nc(C)c2C)c1. The van der Waals surface area contributed by atoms with Gasteiger partial charge < -0.3 is 9.47 Å². The van der Waals surface area contributed by atoms with Crippen molar-refractivity contribution in [1.82, 2.24) is 9.97 Å². The van der Waals surface area contributed by atoms with Crippen LogP contribution in [0.5, 0.6) is 11.6 Å². The molecule has 4 nitrogen and oxygen atoms in total. The van der Waals surface area contributed by atoms with Gasteiger partial charge in [0.25, 0.3) is 0 Å². The minimum absolute atomic E-state index is 0.290. The van der Waals surface area contributed by atoms with E-state index in [9.17, 15) is 4.39 Å². The minimum atomic E-state index is -0.290. The Kier molecular flexibility index (Phi) is 4.93. The zero-order chi connectivity index (χ0) is 17.8. The van der Waals surface area contributed by atoms with Crippen LogP contribution in [0.2, 0.25) is 0 Å². The molecule has 3 aromatic rings. The van der Waals surface area contributed by atoms with E-state index in [4.69, 9.17) is 9.47 Å². The smallest absolute Gasteiger partial charge is 0.220 e. The number of aryl methyl sites for hydroxylation is 1. The molecule has 1 aromatic heterocycles. The van der Waals surface area contributed by atoms with Gasteiger partial charge in [-0.1, -0.05) is 12.1 Å². The summed E-state index contributed by atoms with van der Waals surface area (Å²) in [6.45, 7) is 4.20. The maximum absolute atomic E-state index is 13.1. The van der Waals surface area contributed by atoms with Gasteiger partial charge in [0.2, 0.25) is 5.88 Å². The molecule has 0 N–H and O–H groups in total. The molecule has 1 heterocycles. The number of hydrogen-bond donors (Lipinski definition) is 0. The van der Waals surface area contributed by atoms with E-state index >= 15 is 0 Å². The highest BCUT2D eigenvalue weighted by atomic mass is 19.1. The monoisotopic (exact) mass is 338 g/mol. The summed E-state index contributed by atoms with van der Waals surface area (Å²) in [6.07, 6.45) is 0. The Labute approximate surface area is 146 Å². The van der Waals surface area contributed by atoms with Crippen molar-refractivity contribution < 1.29 is 13.9 Å². The summed E-state index contributed by atoms with van der Waals surface area (Å²) in [6, 6.07) is 13.8. The number of ether oxygens (including phenoxy) is 2. The molecule has 0 fully saturated rings. The zero-order valence-electron chi connectivity index (χ0n) is 14.4. The Hall–Kier alpha value is -2.95. The maximum atomic E-state index is 13.1. The van der Waals surface area contributed by atoms with E-state index in [2.05, 4.69) is 9.97 Å². The quantitative estimate of drug-likeness (QED) is 0.688. The largest absolute Gasteiger partial charge is 0.497 e. The van der Waals surface area contributed by atoms with Gasteiger partial charge in [0.05, 0.1) is 7.11 Å². The Morgan fingerprint density at radius 3 is 2.48 bits per heavy atom. The van der Waals surface area contributed by atoms with Crippen LogP contribution in [0.3, 0.4) is 0 Å². The lowest BCUT2D eigenvalue weighted by Crippen LogP contribution is -2.04. The lowest BCUT2D eigenvalue weighted by molar-refractivity contribution is 0.290. The Bertz CT molecular complexity index is 879. The fourth-order valence-corrected chi connectivity index (χ4v) is 2.39. The number of methoxy groups -OCH3 is 1. The van der Waals surface area contributed by atoms with Crippen LogP contribution in [-0.2, 0) is 6.61 Å². The van der Waals surface area contributed by atoms with Crippen LogP contribution in [-0.4, -0.2) is 17.1 Å². The average Bonchev–Trinajstić information content (AvgIpc) is 2.63. The van der Waals surface area contributed by atoms with Gasteiger partial charge in [-0.25, -0.2) is 9.37 Å². The third-order valence-electron chi connectivity index (χ3n) is 3.96. The summed E-state index contributed by atoms with van der Waals surface area (Å²) in [5.41, 5.74) is 3.44. The predicted molar refractivity (Wildman–Crippen MR) is 94.2 cm³/mol. The van der Waals surface area contributed by atoms with E-state index in [0.717, 1.165) is 28.1 Å². The van der Waals surface area contributed by atoms with E-state index in [-0.39, 0.29) is 5.82 Å². The fraction of sp³-hybridized carbons (Fsp3) is 0.200. The Morgan fingerprint density at radius 1 is 1.00 bits per heavy atom. The molecule has 0 saturated carbocycles. The molecule has 3 rings (SSSR count). The molecular weight excluding hydrogens is 319 g/mol. The lowest BCUT2D eigenvalue weighted by atomic mass is 10.2. The van der Waals surface area contributed by atoms with Crippen LogP contribution in [0, 0.1) is 19.7 Å². The molecule has 0 saturated heterocycles.